The molecule has 0 saturated heterocycles. The van der Waals surface area contributed by atoms with Crippen LogP contribution in [0.15, 0.2) is 35.6 Å². The van der Waals surface area contributed by atoms with Crippen molar-refractivity contribution in [2.75, 3.05) is 5.75 Å². The first-order valence-electron chi connectivity index (χ1n) is 5.76. The van der Waals surface area contributed by atoms with Gasteiger partial charge in [-0.3, -0.25) is 4.98 Å². The number of carboxylic acid groups (broad SMARTS) is 1. The maximum Gasteiger partial charge on any atom is 0.115 e. The van der Waals surface area contributed by atoms with Crippen LogP contribution >= 0.6 is 11.8 Å². The Kier molecular flexibility index (Phi) is 4.33. The van der Waals surface area contributed by atoms with Gasteiger partial charge in [0.1, 0.15) is 11.1 Å². The van der Waals surface area contributed by atoms with Crippen LogP contribution in [0, 0.1) is 18.3 Å². The number of carboxylic acids is 1. The average molecular weight is 284 g/mol. The van der Waals surface area contributed by atoms with Gasteiger partial charge in [0.15, 0.2) is 0 Å². The number of rotatable bonds is 4. The molecule has 2 rings (SSSR count). The van der Waals surface area contributed by atoms with Crippen molar-refractivity contribution in [1.29, 1.82) is 5.26 Å². The van der Waals surface area contributed by atoms with E-state index < -0.39 is 5.97 Å². The molecule has 100 valence electrons. The SMILES string of the molecule is Cc1cc(-c2cccnc2)c(C#N)c(SCC(=O)[O-])n1. The van der Waals surface area contributed by atoms with E-state index in [-0.39, 0.29) is 5.75 Å². The van der Waals surface area contributed by atoms with Gasteiger partial charge in [-0.25, -0.2) is 4.98 Å². The highest BCUT2D eigenvalue weighted by Crippen LogP contribution is 2.30. The highest BCUT2D eigenvalue weighted by Gasteiger charge is 2.13. The smallest absolute Gasteiger partial charge is 0.115 e. The van der Waals surface area contributed by atoms with Crippen LogP contribution in [0.2, 0.25) is 0 Å². The van der Waals surface area contributed by atoms with Crippen LogP contribution in [0.25, 0.3) is 11.1 Å². The van der Waals surface area contributed by atoms with Crippen molar-refractivity contribution < 1.29 is 9.90 Å². The lowest BCUT2D eigenvalue weighted by Gasteiger charge is -2.10. The minimum absolute atomic E-state index is 0.238. The summed E-state index contributed by atoms with van der Waals surface area (Å²) >= 11 is 0.987. The van der Waals surface area contributed by atoms with E-state index in [9.17, 15) is 15.2 Å². The van der Waals surface area contributed by atoms with Crippen LogP contribution in [0.5, 0.6) is 0 Å². The summed E-state index contributed by atoms with van der Waals surface area (Å²) in [4.78, 5) is 18.8. The van der Waals surface area contributed by atoms with Crippen LogP contribution in [0.4, 0.5) is 0 Å². The van der Waals surface area contributed by atoms with Gasteiger partial charge >= 0.3 is 0 Å². The monoisotopic (exact) mass is 284 g/mol. The second-order valence-corrected chi connectivity index (χ2v) is 4.97. The zero-order valence-corrected chi connectivity index (χ0v) is 11.5. The number of aliphatic carboxylic acids is 1. The molecule has 5 nitrogen and oxygen atoms in total. The largest absolute Gasteiger partial charge is 0.549 e. The quantitative estimate of drug-likeness (QED) is 0.783. The number of carbonyl (C=O) groups is 1. The Morgan fingerprint density at radius 3 is 2.95 bits per heavy atom. The number of nitriles is 1. The molecule has 0 radical (unpaired) electrons. The maximum absolute atomic E-state index is 10.6. The molecule has 6 heteroatoms. The molecule has 0 spiro atoms. The fraction of sp³-hybridized carbons (Fsp3) is 0.143. The molecule has 2 aromatic heterocycles. The number of thioether (sulfide) groups is 1. The number of hydrogen-bond acceptors (Lipinski definition) is 6. The molecule has 0 aliphatic heterocycles. The molecule has 20 heavy (non-hydrogen) atoms. The van der Waals surface area contributed by atoms with Crippen LogP contribution in [-0.4, -0.2) is 21.7 Å². The minimum atomic E-state index is -1.19. The molecular weight excluding hydrogens is 274 g/mol. The average Bonchev–Trinajstić information content (AvgIpc) is 2.45. The second kappa shape index (κ2) is 6.17. The van der Waals surface area contributed by atoms with E-state index in [1.807, 2.05) is 6.07 Å². The summed E-state index contributed by atoms with van der Waals surface area (Å²) < 4.78 is 0. The van der Waals surface area contributed by atoms with Gasteiger partial charge in [-0.2, -0.15) is 5.26 Å². The van der Waals surface area contributed by atoms with E-state index >= 15 is 0 Å². The van der Waals surface area contributed by atoms with E-state index in [4.69, 9.17) is 0 Å². The zero-order valence-electron chi connectivity index (χ0n) is 10.7. The van der Waals surface area contributed by atoms with E-state index in [0.29, 0.717) is 21.8 Å². The topological polar surface area (TPSA) is 89.7 Å². The third-order valence-corrected chi connectivity index (χ3v) is 3.47. The summed E-state index contributed by atoms with van der Waals surface area (Å²) in [6, 6.07) is 7.50. The molecule has 0 aromatic carbocycles. The fourth-order valence-corrected chi connectivity index (χ4v) is 2.50. The van der Waals surface area contributed by atoms with Gasteiger partial charge in [0.25, 0.3) is 0 Å². The summed E-state index contributed by atoms with van der Waals surface area (Å²) in [6.45, 7) is 1.80. The van der Waals surface area contributed by atoms with Crippen LogP contribution in [-0.2, 0) is 4.79 Å². The highest BCUT2D eigenvalue weighted by atomic mass is 32.2. The number of pyridine rings is 2. The van der Waals surface area contributed by atoms with Gasteiger partial charge in [-0.05, 0) is 19.1 Å². The van der Waals surface area contributed by atoms with Crippen LogP contribution in [0.3, 0.4) is 0 Å². The minimum Gasteiger partial charge on any atom is -0.549 e. The van der Waals surface area contributed by atoms with E-state index in [1.165, 1.54) is 0 Å². The van der Waals surface area contributed by atoms with Gasteiger partial charge in [0.05, 0.1) is 11.5 Å². The summed E-state index contributed by atoms with van der Waals surface area (Å²) in [5.74, 6) is -1.43. The Morgan fingerprint density at radius 2 is 2.35 bits per heavy atom. The van der Waals surface area contributed by atoms with Crippen LogP contribution < -0.4 is 5.11 Å². The third-order valence-electron chi connectivity index (χ3n) is 2.53. The predicted molar refractivity (Wildman–Crippen MR) is 72.7 cm³/mol. The Balaban J connectivity index is 2.52. The first-order chi connectivity index (χ1) is 9.61. The van der Waals surface area contributed by atoms with E-state index in [2.05, 4.69) is 16.0 Å². The summed E-state index contributed by atoms with van der Waals surface area (Å²) in [7, 11) is 0. The van der Waals surface area contributed by atoms with Gasteiger partial charge in [0, 0.05) is 35.0 Å². The van der Waals surface area contributed by atoms with Crippen molar-refractivity contribution in [2.24, 2.45) is 0 Å². The number of nitrogens with zero attached hydrogens (tertiary/aromatic N) is 3. The Morgan fingerprint density at radius 1 is 1.55 bits per heavy atom. The number of carbonyl (C=O) groups excluding carboxylic acids is 1. The van der Waals surface area contributed by atoms with Crippen molar-refractivity contribution in [3.05, 3.63) is 41.9 Å². The standard InChI is InChI=1S/C14H11N3O2S/c1-9-5-11(10-3-2-4-16-7-10)12(6-15)14(17-9)20-8-13(18)19/h2-5,7H,8H2,1H3,(H,18,19)/p-1. The number of hydrogen-bond donors (Lipinski definition) is 0. The normalized spacial score (nSPS) is 10.0. The van der Waals surface area contributed by atoms with Crippen LogP contribution in [0.1, 0.15) is 11.3 Å². The first kappa shape index (κ1) is 14.0. The summed E-state index contributed by atoms with van der Waals surface area (Å²) in [5, 5.41) is 20.3. The van der Waals surface area contributed by atoms with Crippen molar-refractivity contribution in [1.82, 2.24) is 9.97 Å². The molecule has 0 aliphatic carbocycles. The molecule has 0 aliphatic rings. The number of aromatic nitrogens is 2. The third kappa shape index (κ3) is 3.13. The molecule has 0 saturated carbocycles. The molecule has 0 unspecified atom stereocenters. The van der Waals surface area contributed by atoms with Crippen molar-refractivity contribution >= 4 is 17.7 Å². The zero-order chi connectivity index (χ0) is 14.5. The molecule has 0 N–H and O–H groups in total. The van der Waals surface area contributed by atoms with Gasteiger partial charge < -0.3 is 9.90 Å². The second-order valence-electron chi connectivity index (χ2n) is 4.01. The first-order valence-corrected chi connectivity index (χ1v) is 6.75. The predicted octanol–water partition coefficient (Wildman–Crippen LogP) is 1.17. The summed E-state index contributed by atoms with van der Waals surface area (Å²) in [5.41, 5.74) is 2.57. The molecule has 2 aromatic rings. The van der Waals surface area contributed by atoms with Gasteiger partial charge in [-0.15, -0.1) is 0 Å². The molecule has 2 heterocycles. The number of aryl methyl sites for hydroxylation is 1. The Bertz CT molecular complexity index is 681. The van der Waals surface area contributed by atoms with Crippen molar-refractivity contribution in [3.63, 3.8) is 0 Å². The van der Waals surface area contributed by atoms with E-state index in [1.54, 1.807) is 31.5 Å². The highest BCUT2D eigenvalue weighted by molar-refractivity contribution is 7.99. The van der Waals surface area contributed by atoms with Gasteiger partial charge in [-0.1, -0.05) is 17.8 Å². The van der Waals surface area contributed by atoms with Gasteiger partial charge in [0.2, 0.25) is 0 Å². The van der Waals surface area contributed by atoms with E-state index in [0.717, 1.165) is 17.3 Å². The maximum atomic E-state index is 10.6. The molecule has 0 fully saturated rings. The Labute approximate surface area is 120 Å². The summed E-state index contributed by atoms with van der Waals surface area (Å²) in [6.07, 6.45) is 3.30. The molecule has 0 atom stereocenters. The van der Waals surface area contributed by atoms with Crippen molar-refractivity contribution in [2.45, 2.75) is 11.9 Å². The lowest BCUT2D eigenvalue weighted by atomic mass is 10.0. The molecular formula is C14H10N3O2S-. The molecule has 0 amide bonds. The van der Waals surface area contributed by atoms with Crippen molar-refractivity contribution in [3.8, 4) is 17.2 Å². The fourth-order valence-electron chi connectivity index (χ4n) is 1.73. The molecule has 0 bridgehead atoms. The Hall–Kier alpha value is -2.39. The lowest BCUT2D eigenvalue weighted by Crippen LogP contribution is -2.24. The lowest BCUT2D eigenvalue weighted by molar-refractivity contribution is -0.301.